The van der Waals surface area contributed by atoms with Crippen LogP contribution >= 0.6 is 23.2 Å². The highest BCUT2D eigenvalue weighted by Crippen LogP contribution is 2.34. The van der Waals surface area contributed by atoms with Crippen molar-refractivity contribution in [3.05, 3.63) is 79.1 Å². The molecule has 0 spiro atoms. The molecular formula is C25H25Cl2NO3. The number of carbonyl (C=O) groups is 1. The molecule has 0 amide bonds. The number of ketones is 1. The quantitative estimate of drug-likeness (QED) is 0.335. The van der Waals surface area contributed by atoms with Crippen LogP contribution in [0.5, 0.6) is 0 Å². The molecule has 1 N–H and O–H groups in total. The third-order valence-corrected chi connectivity index (χ3v) is 6.80. The third kappa shape index (κ3) is 4.24. The number of nitrogens with zero attached hydrogens (tertiary/aromatic N) is 1. The molecule has 1 aliphatic carbocycles. The van der Waals surface area contributed by atoms with Gasteiger partial charge in [-0.05, 0) is 60.6 Å². The Hall–Kier alpha value is -2.30. The highest BCUT2D eigenvalue weighted by Gasteiger charge is 2.32. The number of benzene rings is 2. The van der Waals surface area contributed by atoms with Gasteiger partial charge < -0.3 is 5.21 Å². The number of carbonyl (C=O) groups excluding carboxylic acids is 1. The standard InChI is InChI=1S/C25H25Cl2NO3/c1-2-3-4-5-6-16-11-15(7-9-20(16)27)17-12-22-24(23(29)13-17)25(30)19-14-18(26)8-10-21(19)28(22)31/h7-11,14,17,31H,2-6,12-13H2,1H3. The van der Waals surface area contributed by atoms with Crippen molar-refractivity contribution in [2.75, 3.05) is 0 Å². The highest BCUT2D eigenvalue weighted by molar-refractivity contribution is 6.31. The Morgan fingerprint density at radius 3 is 2.61 bits per heavy atom. The number of halogens is 2. The van der Waals surface area contributed by atoms with Gasteiger partial charge in [-0.1, -0.05) is 61.5 Å². The normalized spacial score (nSPS) is 16.0. The van der Waals surface area contributed by atoms with Crippen LogP contribution in [0.3, 0.4) is 0 Å². The number of pyridine rings is 1. The van der Waals surface area contributed by atoms with Gasteiger partial charge in [-0.2, -0.15) is 4.73 Å². The largest absolute Gasteiger partial charge is 0.428 e. The van der Waals surface area contributed by atoms with Crippen molar-refractivity contribution in [3.8, 4) is 0 Å². The van der Waals surface area contributed by atoms with Crippen LogP contribution in [-0.4, -0.2) is 15.7 Å². The number of unbranched alkanes of at least 4 members (excludes halogenated alkanes) is 3. The Bertz CT molecular complexity index is 1220. The van der Waals surface area contributed by atoms with E-state index in [0.717, 1.165) is 33.7 Å². The summed E-state index contributed by atoms with van der Waals surface area (Å²) in [5.41, 5.74) is 2.52. The monoisotopic (exact) mass is 457 g/mol. The molecule has 6 heteroatoms. The molecule has 1 aliphatic rings. The van der Waals surface area contributed by atoms with E-state index in [0.29, 0.717) is 22.7 Å². The second-order valence-electron chi connectivity index (χ2n) is 8.31. The summed E-state index contributed by atoms with van der Waals surface area (Å²) in [6.07, 6.45) is 6.17. The van der Waals surface area contributed by atoms with Crippen molar-refractivity contribution in [2.45, 2.75) is 57.8 Å². The van der Waals surface area contributed by atoms with Crippen molar-refractivity contribution in [1.82, 2.24) is 4.73 Å². The van der Waals surface area contributed by atoms with Crippen LogP contribution in [-0.2, 0) is 12.8 Å². The first-order chi connectivity index (χ1) is 14.9. The summed E-state index contributed by atoms with van der Waals surface area (Å²) in [5, 5.41) is 12.2. The third-order valence-electron chi connectivity index (χ3n) is 6.19. The topological polar surface area (TPSA) is 59.3 Å². The summed E-state index contributed by atoms with van der Waals surface area (Å²) in [5.74, 6) is -0.366. The van der Waals surface area contributed by atoms with E-state index >= 15 is 0 Å². The maximum Gasteiger partial charge on any atom is 0.200 e. The van der Waals surface area contributed by atoms with Crippen LogP contribution in [0.25, 0.3) is 10.9 Å². The van der Waals surface area contributed by atoms with Crippen molar-refractivity contribution >= 4 is 39.9 Å². The Morgan fingerprint density at radius 2 is 1.84 bits per heavy atom. The average molecular weight is 458 g/mol. The minimum atomic E-state index is -0.367. The number of hydrogen-bond acceptors (Lipinski definition) is 3. The van der Waals surface area contributed by atoms with E-state index in [9.17, 15) is 14.8 Å². The molecule has 1 heterocycles. The lowest BCUT2D eigenvalue weighted by molar-refractivity contribution is 0.0949. The predicted molar refractivity (Wildman–Crippen MR) is 125 cm³/mol. The van der Waals surface area contributed by atoms with Gasteiger partial charge in [0, 0.05) is 16.5 Å². The summed E-state index contributed by atoms with van der Waals surface area (Å²) in [4.78, 5) is 26.0. The van der Waals surface area contributed by atoms with Gasteiger partial charge in [-0.3, -0.25) is 9.59 Å². The van der Waals surface area contributed by atoms with Crippen LogP contribution < -0.4 is 5.43 Å². The van der Waals surface area contributed by atoms with Crippen LogP contribution in [0.2, 0.25) is 10.0 Å². The molecule has 0 aliphatic heterocycles. The highest BCUT2D eigenvalue weighted by atomic mass is 35.5. The number of Topliss-reactive ketones (excluding diaryl/α,β-unsaturated/α-hetero) is 1. The Labute approximate surface area is 191 Å². The van der Waals surface area contributed by atoms with Crippen molar-refractivity contribution in [1.29, 1.82) is 0 Å². The molecule has 0 fully saturated rings. The molecular weight excluding hydrogens is 433 g/mol. The molecule has 4 nitrogen and oxygen atoms in total. The smallest absolute Gasteiger partial charge is 0.200 e. The fourth-order valence-electron chi connectivity index (χ4n) is 4.52. The zero-order valence-corrected chi connectivity index (χ0v) is 19.0. The summed E-state index contributed by atoms with van der Waals surface area (Å²) in [6.45, 7) is 2.18. The average Bonchev–Trinajstić information content (AvgIpc) is 2.75. The molecule has 1 unspecified atom stereocenters. The van der Waals surface area contributed by atoms with E-state index in [1.54, 1.807) is 12.1 Å². The zero-order valence-electron chi connectivity index (χ0n) is 17.5. The molecule has 2 aromatic carbocycles. The molecule has 4 rings (SSSR count). The van der Waals surface area contributed by atoms with Gasteiger partial charge in [0.1, 0.15) is 0 Å². The fourth-order valence-corrected chi connectivity index (χ4v) is 4.90. The Morgan fingerprint density at radius 1 is 1.03 bits per heavy atom. The van der Waals surface area contributed by atoms with E-state index in [1.807, 2.05) is 12.1 Å². The van der Waals surface area contributed by atoms with Crippen molar-refractivity contribution in [3.63, 3.8) is 0 Å². The number of aromatic nitrogens is 1. The molecule has 1 atom stereocenters. The van der Waals surface area contributed by atoms with Gasteiger partial charge in [0.05, 0.1) is 22.2 Å². The van der Waals surface area contributed by atoms with E-state index < -0.39 is 0 Å². The Balaban J connectivity index is 1.70. The van der Waals surface area contributed by atoms with Gasteiger partial charge in [0.15, 0.2) is 5.78 Å². The van der Waals surface area contributed by atoms with Gasteiger partial charge in [-0.15, -0.1) is 0 Å². The summed E-state index contributed by atoms with van der Waals surface area (Å²) >= 11 is 12.4. The summed E-state index contributed by atoms with van der Waals surface area (Å²) in [7, 11) is 0. The van der Waals surface area contributed by atoms with Crippen molar-refractivity contribution in [2.24, 2.45) is 0 Å². The number of fused-ring (bicyclic) bond motifs is 2. The van der Waals surface area contributed by atoms with E-state index in [2.05, 4.69) is 13.0 Å². The minimum Gasteiger partial charge on any atom is -0.428 e. The summed E-state index contributed by atoms with van der Waals surface area (Å²) in [6, 6.07) is 10.6. The first kappa shape index (κ1) is 21.9. The van der Waals surface area contributed by atoms with Gasteiger partial charge >= 0.3 is 0 Å². The molecule has 0 bridgehead atoms. The van der Waals surface area contributed by atoms with Gasteiger partial charge in [-0.25, -0.2) is 0 Å². The van der Waals surface area contributed by atoms with E-state index in [-0.39, 0.29) is 34.5 Å². The molecule has 0 saturated heterocycles. The van der Waals surface area contributed by atoms with Crippen LogP contribution in [0, 0.1) is 0 Å². The first-order valence-electron chi connectivity index (χ1n) is 10.8. The Kier molecular flexibility index (Phi) is 6.40. The van der Waals surface area contributed by atoms with Crippen molar-refractivity contribution < 1.29 is 10.0 Å². The lowest BCUT2D eigenvalue weighted by Gasteiger charge is -2.26. The fraction of sp³-hybridized carbons (Fsp3) is 0.360. The molecule has 1 aromatic heterocycles. The maximum atomic E-state index is 13.0. The maximum absolute atomic E-state index is 13.0. The van der Waals surface area contributed by atoms with E-state index in [4.69, 9.17) is 23.2 Å². The molecule has 31 heavy (non-hydrogen) atoms. The van der Waals surface area contributed by atoms with Crippen LogP contribution in [0.4, 0.5) is 0 Å². The predicted octanol–water partition coefficient (Wildman–Crippen LogP) is 6.58. The summed E-state index contributed by atoms with van der Waals surface area (Å²) < 4.78 is 0.980. The lowest BCUT2D eigenvalue weighted by Crippen LogP contribution is -2.30. The number of rotatable bonds is 6. The first-order valence-corrected chi connectivity index (χ1v) is 11.5. The molecule has 0 radical (unpaired) electrons. The second-order valence-corrected chi connectivity index (χ2v) is 9.16. The van der Waals surface area contributed by atoms with Crippen LogP contribution in [0.1, 0.15) is 72.1 Å². The number of hydrogen-bond donors (Lipinski definition) is 1. The van der Waals surface area contributed by atoms with Gasteiger partial charge in [0.2, 0.25) is 5.43 Å². The minimum absolute atomic E-state index is 0.0715. The SMILES string of the molecule is CCCCCCc1cc(C2CC(=O)c3c(n(O)c4ccc(Cl)cc4c3=O)C2)ccc1Cl. The van der Waals surface area contributed by atoms with E-state index in [1.165, 1.54) is 25.3 Å². The van der Waals surface area contributed by atoms with Gasteiger partial charge in [0.25, 0.3) is 0 Å². The second kappa shape index (κ2) is 9.05. The lowest BCUT2D eigenvalue weighted by atomic mass is 9.80. The molecule has 3 aromatic rings. The number of aryl methyl sites for hydroxylation is 1. The molecule has 162 valence electrons. The van der Waals surface area contributed by atoms with Crippen LogP contribution in [0.15, 0.2) is 41.2 Å². The molecule has 0 saturated carbocycles. The zero-order chi connectivity index (χ0) is 22.1.